The van der Waals surface area contributed by atoms with Crippen molar-refractivity contribution in [3.05, 3.63) is 75.4 Å². The third kappa shape index (κ3) is 3.26. The highest BCUT2D eigenvalue weighted by atomic mass is 19.1. The van der Waals surface area contributed by atoms with Gasteiger partial charge in [0.05, 0.1) is 0 Å². The van der Waals surface area contributed by atoms with Crippen molar-refractivity contribution in [3.63, 3.8) is 0 Å². The summed E-state index contributed by atoms with van der Waals surface area (Å²) < 4.78 is 18.7. The van der Waals surface area contributed by atoms with E-state index in [0.717, 1.165) is 34.2 Å². The Morgan fingerprint density at radius 1 is 1.13 bits per heavy atom. The molecule has 0 fully saturated rings. The van der Waals surface area contributed by atoms with Crippen molar-refractivity contribution in [3.8, 4) is 0 Å². The lowest BCUT2D eigenvalue weighted by Gasteiger charge is -2.11. The zero-order valence-corrected chi connectivity index (χ0v) is 13.2. The Morgan fingerprint density at radius 2 is 1.96 bits per heavy atom. The minimum atomic E-state index is -0.376. The van der Waals surface area contributed by atoms with Crippen LogP contribution in [0.15, 0.2) is 51.7 Å². The van der Waals surface area contributed by atoms with E-state index in [9.17, 15) is 9.18 Å². The maximum Gasteiger partial charge on any atom is 0.336 e. The lowest BCUT2D eigenvalue weighted by Crippen LogP contribution is -2.07. The van der Waals surface area contributed by atoms with Gasteiger partial charge in [0.2, 0.25) is 0 Å². The fraction of sp³-hybridized carbons (Fsp3) is 0.211. The topological polar surface area (TPSA) is 42.2 Å². The molecule has 0 aliphatic heterocycles. The molecule has 3 rings (SSSR count). The van der Waals surface area contributed by atoms with Gasteiger partial charge in [-0.1, -0.05) is 25.1 Å². The molecule has 0 aliphatic rings. The molecule has 0 saturated heterocycles. The van der Waals surface area contributed by atoms with Crippen molar-refractivity contribution >= 4 is 16.7 Å². The Kier molecular flexibility index (Phi) is 4.15. The molecular formula is C19H18FNO2. The third-order valence-electron chi connectivity index (χ3n) is 3.97. The number of fused-ring (bicyclic) bond motifs is 1. The molecule has 23 heavy (non-hydrogen) atoms. The molecule has 2 aromatic carbocycles. The largest absolute Gasteiger partial charge is 0.423 e. The van der Waals surface area contributed by atoms with E-state index < -0.39 is 0 Å². The van der Waals surface area contributed by atoms with Crippen molar-refractivity contribution in [2.45, 2.75) is 26.8 Å². The second kappa shape index (κ2) is 6.24. The Morgan fingerprint density at radius 3 is 2.74 bits per heavy atom. The van der Waals surface area contributed by atoms with E-state index in [1.807, 2.05) is 25.1 Å². The van der Waals surface area contributed by atoms with E-state index in [1.165, 1.54) is 18.2 Å². The zero-order valence-electron chi connectivity index (χ0n) is 13.2. The van der Waals surface area contributed by atoms with E-state index in [4.69, 9.17) is 4.42 Å². The summed E-state index contributed by atoms with van der Waals surface area (Å²) in [7, 11) is 0. The van der Waals surface area contributed by atoms with Crippen LogP contribution in [0.5, 0.6) is 0 Å². The number of anilines is 1. The van der Waals surface area contributed by atoms with Crippen molar-refractivity contribution in [1.29, 1.82) is 0 Å². The Balaban J connectivity index is 1.96. The summed E-state index contributed by atoms with van der Waals surface area (Å²) in [6.07, 6.45) is 0.880. The molecule has 3 nitrogen and oxygen atoms in total. The quantitative estimate of drug-likeness (QED) is 0.725. The van der Waals surface area contributed by atoms with Crippen LogP contribution in [-0.2, 0) is 13.0 Å². The monoisotopic (exact) mass is 311 g/mol. The van der Waals surface area contributed by atoms with Gasteiger partial charge >= 0.3 is 5.63 Å². The predicted molar refractivity (Wildman–Crippen MR) is 90.3 cm³/mol. The SMILES string of the molecule is CCc1ccc2c(CNc3cc(F)ccc3C)cc(=O)oc2c1. The van der Waals surface area contributed by atoms with Crippen LogP contribution in [0.4, 0.5) is 10.1 Å². The van der Waals surface area contributed by atoms with Gasteiger partial charge in [-0.3, -0.25) is 0 Å². The summed E-state index contributed by atoms with van der Waals surface area (Å²) in [4.78, 5) is 11.8. The molecule has 0 bridgehead atoms. The molecule has 0 saturated carbocycles. The van der Waals surface area contributed by atoms with Gasteiger partial charge in [0.25, 0.3) is 0 Å². The van der Waals surface area contributed by atoms with Gasteiger partial charge in [0.1, 0.15) is 11.4 Å². The first-order chi connectivity index (χ1) is 11.1. The van der Waals surface area contributed by atoms with E-state index in [0.29, 0.717) is 12.1 Å². The number of hydrogen-bond donors (Lipinski definition) is 1. The first kappa shape index (κ1) is 15.3. The van der Waals surface area contributed by atoms with Crippen LogP contribution in [-0.4, -0.2) is 0 Å². The summed E-state index contributed by atoms with van der Waals surface area (Å²) in [5.41, 5.74) is 3.83. The van der Waals surface area contributed by atoms with Crippen LogP contribution in [0, 0.1) is 12.7 Å². The second-order valence-electron chi connectivity index (χ2n) is 5.59. The molecule has 118 valence electrons. The molecule has 0 amide bonds. The number of nitrogens with one attached hydrogen (secondary N) is 1. The molecule has 1 aromatic heterocycles. The highest BCUT2D eigenvalue weighted by Crippen LogP contribution is 2.22. The number of halogens is 1. The maximum atomic E-state index is 13.4. The van der Waals surface area contributed by atoms with Crippen LogP contribution in [0.3, 0.4) is 0 Å². The molecule has 0 unspecified atom stereocenters. The predicted octanol–water partition coefficient (Wildman–Crippen LogP) is 4.42. The zero-order chi connectivity index (χ0) is 16.4. The number of rotatable bonds is 4. The first-order valence-corrected chi connectivity index (χ1v) is 7.62. The highest BCUT2D eigenvalue weighted by Gasteiger charge is 2.07. The molecule has 0 aliphatic carbocycles. The van der Waals surface area contributed by atoms with Gasteiger partial charge in [-0.05, 0) is 48.2 Å². The highest BCUT2D eigenvalue weighted by molar-refractivity contribution is 5.81. The van der Waals surface area contributed by atoms with Crippen LogP contribution in [0.1, 0.15) is 23.6 Å². The fourth-order valence-corrected chi connectivity index (χ4v) is 2.62. The van der Waals surface area contributed by atoms with Gasteiger partial charge in [0.15, 0.2) is 0 Å². The lowest BCUT2D eigenvalue weighted by molar-refractivity contribution is 0.558. The van der Waals surface area contributed by atoms with E-state index in [-0.39, 0.29) is 11.4 Å². The summed E-state index contributed by atoms with van der Waals surface area (Å²) in [5, 5.41) is 4.09. The minimum Gasteiger partial charge on any atom is -0.423 e. The average Bonchev–Trinajstić information content (AvgIpc) is 2.54. The normalized spacial score (nSPS) is 10.9. The van der Waals surface area contributed by atoms with Gasteiger partial charge in [-0.25, -0.2) is 9.18 Å². The summed E-state index contributed by atoms with van der Waals surface area (Å²) >= 11 is 0. The van der Waals surface area contributed by atoms with E-state index >= 15 is 0 Å². The Hall–Kier alpha value is -2.62. The summed E-state index contributed by atoms with van der Waals surface area (Å²) in [5.74, 6) is -0.289. The van der Waals surface area contributed by atoms with Crippen molar-refractivity contribution in [1.82, 2.24) is 0 Å². The van der Waals surface area contributed by atoms with Gasteiger partial charge in [-0.15, -0.1) is 0 Å². The average molecular weight is 311 g/mol. The number of hydrogen-bond acceptors (Lipinski definition) is 3. The van der Waals surface area contributed by atoms with Gasteiger partial charge < -0.3 is 9.73 Å². The van der Waals surface area contributed by atoms with E-state index in [2.05, 4.69) is 12.2 Å². The first-order valence-electron chi connectivity index (χ1n) is 7.62. The molecular weight excluding hydrogens is 293 g/mol. The fourth-order valence-electron chi connectivity index (χ4n) is 2.62. The van der Waals surface area contributed by atoms with Crippen LogP contribution < -0.4 is 10.9 Å². The minimum absolute atomic E-state index is 0.289. The number of benzene rings is 2. The maximum absolute atomic E-state index is 13.4. The lowest BCUT2D eigenvalue weighted by atomic mass is 10.1. The van der Waals surface area contributed by atoms with Crippen molar-refractivity contribution < 1.29 is 8.81 Å². The molecule has 0 spiro atoms. The third-order valence-corrected chi connectivity index (χ3v) is 3.97. The summed E-state index contributed by atoms with van der Waals surface area (Å²) in [6, 6.07) is 12.0. The second-order valence-corrected chi connectivity index (χ2v) is 5.59. The van der Waals surface area contributed by atoms with Crippen LogP contribution >= 0.6 is 0 Å². The standard InChI is InChI=1S/C19H18FNO2/c1-3-13-5-7-16-14(9-19(22)23-18(16)8-13)11-21-17-10-15(20)6-4-12(17)2/h4-10,21H,3,11H2,1-2H3. The smallest absolute Gasteiger partial charge is 0.336 e. The van der Waals surface area contributed by atoms with Crippen molar-refractivity contribution in [2.24, 2.45) is 0 Å². The van der Waals surface area contributed by atoms with Crippen LogP contribution in [0.2, 0.25) is 0 Å². The molecule has 4 heteroatoms. The Labute approximate surface area is 133 Å². The molecule has 1 heterocycles. The van der Waals surface area contributed by atoms with E-state index in [1.54, 1.807) is 6.07 Å². The molecule has 0 atom stereocenters. The van der Waals surface area contributed by atoms with Gasteiger partial charge in [-0.2, -0.15) is 0 Å². The van der Waals surface area contributed by atoms with Gasteiger partial charge in [0, 0.05) is 23.7 Å². The molecule has 1 N–H and O–H groups in total. The molecule has 3 aromatic rings. The molecule has 0 radical (unpaired) electrons. The Bertz CT molecular complexity index is 915. The van der Waals surface area contributed by atoms with Crippen molar-refractivity contribution in [2.75, 3.05) is 5.32 Å². The van der Waals surface area contributed by atoms with Crippen LogP contribution in [0.25, 0.3) is 11.0 Å². The summed E-state index contributed by atoms with van der Waals surface area (Å²) in [6.45, 7) is 4.39. The number of aryl methyl sites for hydroxylation is 2.